The van der Waals surface area contributed by atoms with Gasteiger partial charge < -0.3 is 9.84 Å². The fraction of sp³-hybridized carbons (Fsp3) is 0.400. The summed E-state index contributed by atoms with van der Waals surface area (Å²) >= 11 is 0. The van der Waals surface area contributed by atoms with Crippen LogP contribution in [0.25, 0.3) is 0 Å². The van der Waals surface area contributed by atoms with E-state index in [2.05, 4.69) is 15.5 Å². The van der Waals surface area contributed by atoms with Crippen LogP contribution < -0.4 is 0 Å². The van der Waals surface area contributed by atoms with Crippen molar-refractivity contribution in [2.75, 3.05) is 13.2 Å². The highest BCUT2D eigenvalue weighted by molar-refractivity contribution is 7.89. The molecular weight excluding hydrogens is 264 g/mol. The lowest BCUT2D eigenvalue weighted by molar-refractivity contribution is -0.139. The number of hydrogen-bond acceptors (Lipinski definition) is 6. The quantitative estimate of drug-likeness (QED) is 0.311. The van der Waals surface area contributed by atoms with Gasteiger partial charge in [-0.2, -0.15) is 8.42 Å². The molecule has 0 aromatic heterocycles. The first kappa shape index (κ1) is 16.3. The summed E-state index contributed by atoms with van der Waals surface area (Å²) in [5.74, 6) is -2.02. The molecule has 0 saturated carbocycles. The number of ether oxygens (including phenoxy) is 1. The highest BCUT2D eigenvalue weighted by atomic mass is 32.2. The van der Waals surface area contributed by atoms with Crippen molar-refractivity contribution in [2.45, 2.75) is 13.8 Å². The summed E-state index contributed by atoms with van der Waals surface area (Å²) in [6.45, 7) is 5.22. The van der Waals surface area contributed by atoms with E-state index in [-0.39, 0.29) is 17.8 Å². The van der Waals surface area contributed by atoms with Gasteiger partial charge in [-0.25, -0.2) is 9.59 Å². The fourth-order valence-corrected chi connectivity index (χ4v) is 1.61. The zero-order chi connectivity index (χ0) is 14.3. The predicted octanol–water partition coefficient (Wildman–Crippen LogP) is 0.441. The number of hydrogen-bond donors (Lipinski definition) is 1. The third-order valence-electron chi connectivity index (χ3n) is 1.57. The van der Waals surface area contributed by atoms with Gasteiger partial charge in [-0.1, -0.05) is 6.58 Å². The van der Waals surface area contributed by atoms with Crippen LogP contribution in [0.4, 0.5) is 0 Å². The van der Waals surface area contributed by atoms with Gasteiger partial charge in [0.2, 0.25) is 0 Å². The molecule has 0 heterocycles. The van der Waals surface area contributed by atoms with Gasteiger partial charge >= 0.3 is 11.9 Å². The maximum Gasteiger partial charge on any atom is 0.333 e. The highest BCUT2D eigenvalue weighted by Crippen LogP contribution is 2.02. The van der Waals surface area contributed by atoms with Gasteiger partial charge in [0.05, 0.1) is 5.41 Å². The number of rotatable bonds is 7. The molecule has 0 fully saturated rings. The summed E-state index contributed by atoms with van der Waals surface area (Å²) in [6.07, 6.45) is 0. The number of esters is 1. The van der Waals surface area contributed by atoms with Crippen LogP contribution in [0.1, 0.15) is 13.8 Å². The van der Waals surface area contributed by atoms with Crippen molar-refractivity contribution >= 4 is 22.1 Å². The van der Waals surface area contributed by atoms with Crippen molar-refractivity contribution in [1.29, 1.82) is 0 Å². The minimum atomic E-state index is -4.10. The van der Waals surface area contributed by atoms with Crippen molar-refractivity contribution in [3.8, 4) is 0 Å². The van der Waals surface area contributed by atoms with Crippen LogP contribution in [0.3, 0.4) is 0 Å². The van der Waals surface area contributed by atoms with E-state index in [1.807, 2.05) is 0 Å². The van der Waals surface area contributed by atoms with E-state index in [0.717, 1.165) is 6.92 Å². The number of carbonyl (C=O) groups is 2. The molecule has 0 bridgehead atoms. The maximum atomic E-state index is 11.2. The molecular formula is C10H14O7S. The smallest absolute Gasteiger partial charge is 0.333 e. The van der Waals surface area contributed by atoms with Gasteiger partial charge in [-0.05, 0) is 13.8 Å². The molecule has 0 spiro atoms. The van der Waals surface area contributed by atoms with E-state index >= 15 is 0 Å². The molecule has 1 N–H and O–H groups in total. The molecule has 0 unspecified atom stereocenters. The maximum absolute atomic E-state index is 11.2. The minimum absolute atomic E-state index is 0.180. The number of carboxylic acid groups (broad SMARTS) is 1. The molecule has 0 aliphatic carbocycles. The van der Waals surface area contributed by atoms with Gasteiger partial charge in [-0.3, -0.25) is 4.18 Å². The first-order valence-electron chi connectivity index (χ1n) is 4.79. The zero-order valence-corrected chi connectivity index (χ0v) is 10.8. The third-order valence-corrected chi connectivity index (χ3v) is 2.71. The van der Waals surface area contributed by atoms with Crippen LogP contribution in [0, 0.1) is 0 Å². The normalized spacial score (nSPS) is 12.0. The van der Waals surface area contributed by atoms with Crippen molar-refractivity contribution in [3.63, 3.8) is 0 Å². The van der Waals surface area contributed by atoms with Crippen molar-refractivity contribution in [3.05, 3.63) is 23.1 Å². The van der Waals surface area contributed by atoms with Crippen LogP contribution in [-0.4, -0.2) is 38.7 Å². The molecule has 0 amide bonds. The molecule has 18 heavy (non-hydrogen) atoms. The van der Waals surface area contributed by atoms with Crippen LogP contribution in [0.2, 0.25) is 0 Å². The summed E-state index contributed by atoms with van der Waals surface area (Å²) in [6, 6.07) is 0. The Balaban J connectivity index is 4.23. The SMILES string of the molecule is C=C(C)C(=O)OCCOS(=O)(=O)C=C(C)C(=O)O. The van der Waals surface area contributed by atoms with E-state index in [9.17, 15) is 18.0 Å². The second-order valence-electron chi connectivity index (χ2n) is 3.34. The Morgan fingerprint density at radius 3 is 2.28 bits per heavy atom. The fourth-order valence-electron chi connectivity index (χ4n) is 0.709. The van der Waals surface area contributed by atoms with E-state index < -0.39 is 28.7 Å². The van der Waals surface area contributed by atoms with Gasteiger partial charge in [0, 0.05) is 11.1 Å². The van der Waals surface area contributed by atoms with Crippen LogP contribution in [0.5, 0.6) is 0 Å². The molecule has 0 saturated heterocycles. The number of aliphatic carboxylic acids is 1. The lowest BCUT2D eigenvalue weighted by Gasteiger charge is -2.04. The molecule has 7 nitrogen and oxygen atoms in total. The van der Waals surface area contributed by atoms with Crippen LogP contribution in [-0.2, 0) is 28.6 Å². The summed E-state index contributed by atoms with van der Waals surface area (Å²) in [5, 5.41) is 8.97. The average Bonchev–Trinajstić information content (AvgIpc) is 2.23. The lowest BCUT2D eigenvalue weighted by Crippen LogP contribution is -2.14. The average molecular weight is 278 g/mol. The Kier molecular flexibility index (Phi) is 6.28. The Labute approximate surface area is 105 Å². The Morgan fingerprint density at radius 1 is 1.28 bits per heavy atom. The van der Waals surface area contributed by atoms with Gasteiger partial charge in [0.1, 0.15) is 13.2 Å². The second-order valence-corrected chi connectivity index (χ2v) is 4.79. The molecule has 0 aromatic rings. The number of carbonyl (C=O) groups excluding carboxylic acids is 1. The molecule has 8 heteroatoms. The third kappa shape index (κ3) is 6.81. The molecule has 0 rings (SSSR count). The molecule has 0 radical (unpaired) electrons. The van der Waals surface area contributed by atoms with Crippen molar-refractivity contribution in [2.24, 2.45) is 0 Å². The van der Waals surface area contributed by atoms with Gasteiger partial charge in [-0.15, -0.1) is 0 Å². The van der Waals surface area contributed by atoms with Crippen LogP contribution >= 0.6 is 0 Å². The Morgan fingerprint density at radius 2 is 1.83 bits per heavy atom. The summed E-state index contributed by atoms with van der Waals surface area (Å²) in [5.41, 5.74) is -0.201. The number of carboxylic acids is 1. The van der Waals surface area contributed by atoms with E-state index in [1.54, 1.807) is 0 Å². The molecule has 102 valence electrons. The standard InChI is InChI=1S/C10H14O7S/c1-7(2)10(13)16-4-5-17-18(14,15)6-8(3)9(11)12/h6H,1,4-5H2,2-3H3,(H,11,12). The first-order chi connectivity index (χ1) is 8.15. The Hall–Kier alpha value is -1.67. The summed E-state index contributed by atoms with van der Waals surface area (Å²) in [7, 11) is -4.10. The van der Waals surface area contributed by atoms with Crippen molar-refractivity contribution in [1.82, 2.24) is 0 Å². The lowest BCUT2D eigenvalue weighted by atomic mass is 10.4. The van der Waals surface area contributed by atoms with Gasteiger partial charge in [0.15, 0.2) is 0 Å². The predicted molar refractivity (Wildman–Crippen MR) is 62.0 cm³/mol. The first-order valence-corrected chi connectivity index (χ1v) is 6.26. The topological polar surface area (TPSA) is 107 Å². The minimum Gasteiger partial charge on any atom is -0.478 e. The van der Waals surface area contributed by atoms with E-state index in [1.165, 1.54) is 6.92 Å². The zero-order valence-electron chi connectivity index (χ0n) is 10.0. The second kappa shape index (κ2) is 6.92. The Bertz CT molecular complexity index is 472. The summed E-state index contributed by atoms with van der Waals surface area (Å²) < 4.78 is 31.4. The monoisotopic (exact) mass is 278 g/mol. The largest absolute Gasteiger partial charge is 0.478 e. The molecule has 0 aromatic carbocycles. The van der Waals surface area contributed by atoms with Gasteiger partial charge in [0.25, 0.3) is 10.1 Å². The molecule has 0 aliphatic heterocycles. The highest BCUT2D eigenvalue weighted by Gasteiger charge is 2.12. The van der Waals surface area contributed by atoms with E-state index in [0.29, 0.717) is 5.41 Å². The van der Waals surface area contributed by atoms with Crippen LogP contribution in [0.15, 0.2) is 23.1 Å². The van der Waals surface area contributed by atoms with Crippen molar-refractivity contribution < 1.29 is 32.0 Å². The van der Waals surface area contributed by atoms with E-state index in [4.69, 9.17) is 5.11 Å². The summed E-state index contributed by atoms with van der Waals surface area (Å²) in [4.78, 5) is 21.3. The molecule has 0 atom stereocenters. The molecule has 0 aliphatic rings.